The summed E-state index contributed by atoms with van der Waals surface area (Å²) in [7, 11) is 0. The van der Waals surface area contributed by atoms with E-state index in [1.807, 2.05) is 0 Å². The first-order valence-corrected chi connectivity index (χ1v) is 3.27. The number of aryl methyl sites for hydroxylation is 1. The van der Waals surface area contributed by atoms with E-state index in [4.69, 9.17) is 15.3 Å². The van der Waals surface area contributed by atoms with Gasteiger partial charge in [-0.1, -0.05) is 0 Å². The van der Waals surface area contributed by atoms with E-state index < -0.39 is 0 Å². The van der Waals surface area contributed by atoms with Gasteiger partial charge in [-0.05, 0) is 24.6 Å². The van der Waals surface area contributed by atoms with Crippen LogP contribution >= 0.6 is 0 Å². The second-order valence-corrected chi connectivity index (χ2v) is 2.44. The van der Waals surface area contributed by atoms with Gasteiger partial charge in [0.15, 0.2) is 0 Å². The maximum absolute atomic E-state index is 9.15. The second kappa shape index (κ2) is 2.80. The monoisotopic (exact) mass is 154 g/mol. The number of phenols is 2. The Morgan fingerprint density at radius 3 is 2.00 bits per heavy atom. The first-order valence-electron chi connectivity index (χ1n) is 3.27. The fourth-order valence-corrected chi connectivity index (χ4v) is 0.940. The van der Waals surface area contributed by atoms with E-state index >= 15 is 0 Å². The number of benzene rings is 1. The van der Waals surface area contributed by atoms with Crippen molar-refractivity contribution in [3.05, 3.63) is 23.3 Å². The Morgan fingerprint density at radius 2 is 1.64 bits per heavy atom. The van der Waals surface area contributed by atoms with Gasteiger partial charge in [0.1, 0.15) is 11.5 Å². The van der Waals surface area contributed by atoms with E-state index in [2.05, 4.69) is 0 Å². The second-order valence-electron chi connectivity index (χ2n) is 2.44. The molecule has 3 N–H and O–H groups in total. The molecule has 0 saturated heterocycles. The zero-order valence-electron chi connectivity index (χ0n) is 6.20. The van der Waals surface area contributed by atoms with Crippen LogP contribution in [0.5, 0.6) is 11.5 Å². The lowest BCUT2D eigenvalue weighted by atomic mass is 10.1. The zero-order valence-corrected chi connectivity index (χ0v) is 6.20. The van der Waals surface area contributed by atoms with E-state index in [0.717, 1.165) is 5.56 Å². The smallest absolute Gasteiger partial charge is 0.125 e. The van der Waals surface area contributed by atoms with E-state index in [1.54, 1.807) is 6.92 Å². The van der Waals surface area contributed by atoms with Gasteiger partial charge >= 0.3 is 0 Å². The normalized spacial score (nSPS) is 10.0. The standard InChI is InChI=1S/C8H10O3/c1-5-2-7(10)6(4-9)8(11)3-5/h2-3,9-11H,4H2,1H3. The minimum Gasteiger partial charge on any atom is -0.507 e. The van der Waals surface area contributed by atoms with Gasteiger partial charge in [-0.3, -0.25) is 0 Å². The summed E-state index contributed by atoms with van der Waals surface area (Å²) in [5, 5.41) is 27.0. The van der Waals surface area contributed by atoms with Gasteiger partial charge in [-0.15, -0.1) is 0 Å². The molecule has 0 heterocycles. The van der Waals surface area contributed by atoms with Crippen LogP contribution in [0.4, 0.5) is 0 Å². The summed E-state index contributed by atoms with van der Waals surface area (Å²) in [6.07, 6.45) is 0. The highest BCUT2D eigenvalue weighted by Crippen LogP contribution is 2.27. The Bertz CT molecular complexity index is 245. The van der Waals surface area contributed by atoms with E-state index in [9.17, 15) is 0 Å². The molecule has 0 spiro atoms. The third-order valence-electron chi connectivity index (χ3n) is 1.51. The molecule has 0 amide bonds. The van der Waals surface area contributed by atoms with Crippen molar-refractivity contribution in [3.63, 3.8) is 0 Å². The minimum absolute atomic E-state index is 0.0648. The molecule has 1 aromatic rings. The number of aliphatic hydroxyl groups is 1. The maximum atomic E-state index is 9.15. The first-order chi connectivity index (χ1) is 5.15. The number of rotatable bonds is 1. The molecule has 0 unspecified atom stereocenters. The topological polar surface area (TPSA) is 60.7 Å². The molecule has 3 heteroatoms. The van der Waals surface area contributed by atoms with Crippen molar-refractivity contribution in [2.24, 2.45) is 0 Å². The van der Waals surface area contributed by atoms with Crippen molar-refractivity contribution in [2.45, 2.75) is 13.5 Å². The van der Waals surface area contributed by atoms with Gasteiger partial charge in [0.2, 0.25) is 0 Å². The van der Waals surface area contributed by atoms with Crippen LogP contribution in [0.15, 0.2) is 12.1 Å². The third-order valence-corrected chi connectivity index (χ3v) is 1.51. The number of hydrogen-bond donors (Lipinski definition) is 3. The molecule has 3 nitrogen and oxygen atoms in total. The average Bonchev–Trinajstić information content (AvgIpc) is 1.85. The van der Waals surface area contributed by atoms with Crippen molar-refractivity contribution < 1.29 is 15.3 Å². The summed E-state index contributed by atoms with van der Waals surface area (Å²) in [6, 6.07) is 2.98. The fourth-order valence-electron chi connectivity index (χ4n) is 0.940. The van der Waals surface area contributed by atoms with Gasteiger partial charge in [0.25, 0.3) is 0 Å². The van der Waals surface area contributed by atoms with Crippen LogP contribution in [0.1, 0.15) is 11.1 Å². The summed E-state index contributed by atoms with van der Waals surface area (Å²) in [5.41, 5.74) is 0.938. The molecule has 11 heavy (non-hydrogen) atoms. The SMILES string of the molecule is Cc1cc(O)c(CO)c(O)c1. The quantitative estimate of drug-likeness (QED) is 0.563. The van der Waals surface area contributed by atoms with Crippen molar-refractivity contribution in [2.75, 3.05) is 0 Å². The lowest BCUT2D eigenvalue weighted by Gasteiger charge is -2.04. The van der Waals surface area contributed by atoms with Crippen LogP contribution in [-0.2, 0) is 6.61 Å². The van der Waals surface area contributed by atoms with Crippen LogP contribution in [0.3, 0.4) is 0 Å². The summed E-state index contributed by atoms with van der Waals surface area (Å²) in [6.45, 7) is 1.40. The van der Waals surface area contributed by atoms with Crippen LogP contribution in [-0.4, -0.2) is 15.3 Å². The molecule has 1 aromatic carbocycles. The van der Waals surface area contributed by atoms with Crippen molar-refractivity contribution in [1.82, 2.24) is 0 Å². The third kappa shape index (κ3) is 1.43. The number of hydrogen-bond acceptors (Lipinski definition) is 3. The molecule has 0 aliphatic heterocycles. The minimum atomic E-state index is -0.349. The highest BCUT2D eigenvalue weighted by molar-refractivity contribution is 5.45. The molecule has 0 aliphatic carbocycles. The fraction of sp³-hybridized carbons (Fsp3) is 0.250. The van der Waals surface area contributed by atoms with Gasteiger partial charge < -0.3 is 15.3 Å². The Kier molecular flexibility index (Phi) is 2.01. The molecule has 0 atom stereocenters. The predicted octanol–water partition coefficient (Wildman–Crippen LogP) is 0.899. The molecular weight excluding hydrogens is 144 g/mol. The van der Waals surface area contributed by atoms with Crippen LogP contribution in [0.2, 0.25) is 0 Å². The van der Waals surface area contributed by atoms with Gasteiger partial charge in [0, 0.05) is 0 Å². The predicted molar refractivity (Wildman–Crippen MR) is 40.4 cm³/mol. The summed E-state index contributed by atoms with van der Waals surface area (Å²) in [4.78, 5) is 0. The van der Waals surface area contributed by atoms with Crippen LogP contribution < -0.4 is 0 Å². The molecule has 0 radical (unpaired) electrons. The molecule has 1 rings (SSSR count). The Morgan fingerprint density at radius 1 is 1.18 bits per heavy atom. The molecule has 0 saturated carbocycles. The van der Waals surface area contributed by atoms with Gasteiger partial charge in [-0.25, -0.2) is 0 Å². The van der Waals surface area contributed by atoms with Gasteiger partial charge in [0.05, 0.1) is 12.2 Å². The molecular formula is C8H10O3. The summed E-state index contributed by atoms with van der Waals surface area (Å²) >= 11 is 0. The summed E-state index contributed by atoms with van der Waals surface area (Å²) in [5.74, 6) is -0.130. The highest BCUT2D eigenvalue weighted by atomic mass is 16.3. The Balaban J connectivity index is 3.25. The van der Waals surface area contributed by atoms with Crippen molar-refractivity contribution in [1.29, 1.82) is 0 Å². The highest BCUT2D eigenvalue weighted by Gasteiger charge is 2.05. The van der Waals surface area contributed by atoms with Crippen LogP contribution in [0, 0.1) is 6.92 Å². The molecule has 0 bridgehead atoms. The zero-order chi connectivity index (χ0) is 8.43. The number of aliphatic hydroxyl groups excluding tert-OH is 1. The Labute approximate surface area is 64.5 Å². The van der Waals surface area contributed by atoms with E-state index in [-0.39, 0.29) is 23.7 Å². The average molecular weight is 154 g/mol. The van der Waals surface area contributed by atoms with E-state index in [1.165, 1.54) is 12.1 Å². The van der Waals surface area contributed by atoms with Crippen LogP contribution in [0.25, 0.3) is 0 Å². The van der Waals surface area contributed by atoms with Crippen molar-refractivity contribution >= 4 is 0 Å². The Hall–Kier alpha value is -1.22. The molecule has 60 valence electrons. The first kappa shape index (κ1) is 7.88. The van der Waals surface area contributed by atoms with Crippen molar-refractivity contribution in [3.8, 4) is 11.5 Å². The largest absolute Gasteiger partial charge is 0.507 e. The molecule has 0 fully saturated rings. The van der Waals surface area contributed by atoms with Gasteiger partial charge in [-0.2, -0.15) is 0 Å². The lowest BCUT2D eigenvalue weighted by molar-refractivity contribution is 0.268. The molecule has 0 aromatic heterocycles. The van der Waals surface area contributed by atoms with E-state index in [0.29, 0.717) is 0 Å². The summed E-state index contributed by atoms with van der Waals surface area (Å²) < 4.78 is 0. The lowest BCUT2D eigenvalue weighted by Crippen LogP contribution is -1.86. The maximum Gasteiger partial charge on any atom is 0.125 e. The number of aromatic hydroxyl groups is 2. The molecule has 0 aliphatic rings.